The largest absolute Gasteiger partial charge is 0.422 e. The first-order chi connectivity index (χ1) is 15.2. The molecule has 2 aliphatic heterocycles. The van der Waals surface area contributed by atoms with E-state index in [1.807, 2.05) is 11.0 Å². The smallest absolute Gasteiger partial charge is 0.345 e. The lowest BCUT2D eigenvalue weighted by atomic mass is 9.80. The van der Waals surface area contributed by atoms with E-state index in [9.17, 15) is 9.59 Å². The highest BCUT2D eigenvalue weighted by molar-refractivity contribution is 5.86. The molecule has 0 radical (unpaired) electrons. The summed E-state index contributed by atoms with van der Waals surface area (Å²) in [6, 6.07) is 7.19. The molecule has 1 atom stereocenters. The van der Waals surface area contributed by atoms with Crippen molar-refractivity contribution in [3.8, 4) is 11.3 Å². The topological polar surface area (TPSA) is 91.7 Å². The summed E-state index contributed by atoms with van der Waals surface area (Å²) in [5.74, 6) is 0.819. The van der Waals surface area contributed by atoms with E-state index in [0.29, 0.717) is 49.4 Å². The molecule has 0 amide bonds. The van der Waals surface area contributed by atoms with Crippen molar-refractivity contribution >= 4 is 22.6 Å². The molecule has 8 heteroatoms. The zero-order valence-electron chi connectivity index (χ0n) is 18.9. The van der Waals surface area contributed by atoms with Gasteiger partial charge in [0.1, 0.15) is 5.58 Å². The molecule has 168 valence electrons. The molecule has 0 spiro atoms. The van der Waals surface area contributed by atoms with Gasteiger partial charge in [-0.3, -0.25) is 9.78 Å². The van der Waals surface area contributed by atoms with Crippen molar-refractivity contribution in [1.29, 1.82) is 0 Å². The van der Waals surface area contributed by atoms with Crippen LogP contribution in [0.4, 0.5) is 11.6 Å². The van der Waals surface area contributed by atoms with Crippen molar-refractivity contribution < 1.29 is 9.15 Å². The minimum atomic E-state index is -0.505. The molecule has 3 aromatic rings. The van der Waals surface area contributed by atoms with Gasteiger partial charge in [-0.2, -0.15) is 0 Å². The van der Waals surface area contributed by atoms with Crippen LogP contribution < -0.4 is 21.0 Å². The van der Waals surface area contributed by atoms with E-state index in [0.717, 1.165) is 17.5 Å². The van der Waals surface area contributed by atoms with Gasteiger partial charge in [0, 0.05) is 48.9 Å². The van der Waals surface area contributed by atoms with Crippen molar-refractivity contribution in [2.24, 2.45) is 0 Å². The minimum Gasteiger partial charge on any atom is -0.422 e. The normalized spacial score (nSPS) is 20.4. The Morgan fingerprint density at radius 3 is 2.62 bits per heavy atom. The number of hydrogen-bond donors (Lipinski definition) is 1. The first-order valence-electron chi connectivity index (χ1n) is 11.0. The molecular formula is C24H28N4O4. The fourth-order valence-corrected chi connectivity index (χ4v) is 4.87. The summed E-state index contributed by atoms with van der Waals surface area (Å²) in [6.07, 6.45) is 1.03. The second kappa shape index (κ2) is 7.48. The van der Waals surface area contributed by atoms with Gasteiger partial charge in [-0.25, -0.2) is 9.78 Å². The summed E-state index contributed by atoms with van der Waals surface area (Å²) in [6.45, 7) is 9.08. The predicted octanol–water partition coefficient (Wildman–Crippen LogP) is 3.10. The van der Waals surface area contributed by atoms with Gasteiger partial charge in [0.15, 0.2) is 0 Å². The van der Waals surface area contributed by atoms with E-state index in [1.165, 1.54) is 11.6 Å². The quantitative estimate of drug-likeness (QED) is 0.617. The second-order valence-corrected chi connectivity index (χ2v) is 9.43. The Hall–Kier alpha value is -3.13. The maximum Gasteiger partial charge on any atom is 0.345 e. The molecule has 0 aliphatic carbocycles. The molecule has 8 nitrogen and oxygen atoms in total. The van der Waals surface area contributed by atoms with Gasteiger partial charge >= 0.3 is 5.63 Å². The number of nitrogens with one attached hydrogen (secondary N) is 1. The van der Waals surface area contributed by atoms with Crippen LogP contribution in [0, 0.1) is 0 Å². The third kappa shape index (κ3) is 3.48. The maximum atomic E-state index is 12.9. The molecular weight excluding hydrogens is 408 g/mol. The Balaban J connectivity index is 1.63. The van der Waals surface area contributed by atoms with E-state index in [-0.39, 0.29) is 16.7 Å². The van der Waals surface area contributed by atoms with Crippen molar-refractivity contribution in [1.82, 2.24) is 9.97 Å². The number of morpholine rings is 1. The van der Waals surface area contributed by atoms with Crippen LogP contribution in [0.3, 0.4) is 0 Å². The average molecular weight is 437 g/mol. The Bertz CT molecular complexity index is 1300. The number of fused-ring (bicyclic) bond motifs is 2. The number of ether oxygens (including phenoxy) is 1. The summed E-state index contributed by atoms with van der Waals surface area (Å²) >= 11 is 0. The first-order valence-corrected chi connectivity index (χ1v) is 11.0. The minimum absolute atomic E-state index is 0.0191. The lowest BCUT2D eigenvalue weighted by molar-refractivity contribution is 0.122. The number of aromatic amines is 1. The van der Waals surface area contributed by atoms with Crippen molar-refractivity contribution in [3.63, 3.8) is 0 Å². The standard InChI is InChI=1S/C24H28N4O4/c1-14-13-24(2,3)27(4)19-12-20-15(9-16(14)19)10-17(22(30)32-20)18-11-21(29)26-23(25-18)28-5-7-31-8-6-28/h9-12,14H,5-8,13H2,1-4H3,(H,25,26,29). The summed E-state index contributed by atoms with van der Waals surface area (Å²) in [5.41, 5.74) is 2.66. The predicted molar refractivity (Wildman–Crippen MR) is 125 cm³/mol. The number of nitrogens with zero attached hydrogens (tertiary/aromatic N) is 3. The highest BCUT2D eigenvalue weighted by Crippen LogP contribution is 2.44. The van der Waals surface area contributed by atoms with Crippen molar-refractivity contribution in [3.05, 3.63) is 50.6 Å². The molecule has 2 aromatic heterocycles. The monoisotopic (exact) mass is 436 g/mol. The van der Waals surface area contributed by atoms with Gasteiger partial charge in [0.25, 0.3) is 5.56 Å². The molecule has 1 fully saturated rings. The summed E-state index contributed by atoms with van der Waals surface area (Å²) in [4.78, 5) is 36.8. The van der Waals surface area contributed by atoms with E-state index in [2.05, 4.69) is 48.8 Å². The van der Waals surface area contributed by atoms with Gasteiger partial charge in [0.2, 0.25) is 5.95 Å². The van der Waals surface area contributed by atoms with Crippen LogP contribution in [0.15, 0.2) is 38.3 Å². The van der Waals surface area contributed by atoms with Crippen LogP contribution in [0.25, 0.3) is 22.2 Å². The van der Waals surface area contributed by atoms with Gasteiger partial charge in [-0.15, -0.1) is 0 Å². The molecule has 0 bridgehead atoms. The number of anilines is 2. The number of rotatable bonds is 2. The van der Waals surface area contributed by atoms with Gasteiger partial charge < -0.3 is 19.0 Å². The lowest BCUT2D eigenvalue weighted by Gasteiger charge is -2.45. The molecule has 1 aromatic carbocycles. The van der Waals surface area contributed by atoms with Crippen LogP contribution >= 0.6 is 0 Å². The van der Waals surface area contributed by atoms with E-state index in [1.54, 1.807) is 6.07 Å². The zero-order valence-corrected chi connectivity index (χ0v) is 18.9. The fourth-order valence-electron chi connectivity index (χ4n) is 4.87. The summed E-state index contributed by atoms with van der Waals surface area (Å²) in [5, 5.41) is 0.827. The third-order valence-electron chi connectivity index (χ3n) is 6.80. The van der Waals surface area contributed by atoms with Crippen LogP contribution in [0.2, 0.25) is 0 Å². The molecule has 1 unspecified atom stereocenters. The Morgan fingerprint density at radius 2 is 1.88 bits per heavy atom. The first kappa shape index (κ1) is 20.8. The summed E-state index contributed by atoms with van der Waals surface area (Å²) < 4.78 is 11.1. The molecule has 5 rings (SSSR count). The SMILES string of the molecule is CC1CC(C)(C)N(C)c2cc3oc(=O)c(-c4cc(=O)[nH]c(N5CCOCC5)n4)cc3cc21. The second-order valence-electron chi connectivity index (χ2n) is 9.43. The highest BCUT2D eigenvalue weighted by Gasteiger charge is 2.34. The fraction of sp³-hybridized carbons (Fsp3) is 0.458. The van der Waals surface area contributed by atoms with Crippen molar-refractivity contribution in [2.45, 2.75) is 38.6 Å². The number of aromatic nitrogens is 2. The number of hydrogen-bond acceptors (Lipinski definition) is 7. The number of benzene rings is 1. The Kier molecular flexibility index (Phi) is 4.85. The lowest BCUT2D eigenvalue weighted by Crippen LogP contribution is -2.45. The van der Waals surface area contributed by atoms with Gasteiger partial charge in [-0.05, 0) is 43.9 Å². The summed E-state index contributed by atoms with van der Waals surface area (Å²) in [7, 11) is 2.08. The molecule has 1 N–H and O–H groups in total. The number of H-pyrrole nitrogens is 1. The average Bonchev–Trinajstić information content (AvgIpc) is 2.76. The Labute approximate surface area is 185 Å². The van der Waals surface area contributed by atoms with E-state index in [4.69, 9.17) is 9.15 Å². The van der Waals surface area contributed by atoms with Crippen molar-refractivity contribution in [2.75, 3.05) is 43.2 Å². The highest BCUT2D eigenvalue weighted by atomic mass is 16.5. The Morgan fingerprint density at radius 1 is 1.12 bits per heavy atom. The zero-order chi connectivity index (χ0) is 22.6. The van der Waals surface area contributed by atoms with Crippen LogP contribution in [-0.4, -0.2) is 48.9 Å². The van der Waals surface area contributed by atoms with Crippen LogP contribution in [0.5, 0.6) is 0 Å². The third-order valence-corrected chi connectivity index (χ3v) is 6.80. The molecule has 1 saturated heterocycles. The molecule has 0 saturated carbocycles. The molecule has 2 aliphatic rings. The maximum absolute atomic E-state index is 12.9. The van der Waals surface area contributed by atoms with Gasteiger partial charge in [0.05, 0.1) is 24.5 Å². The van der Waals surface area contributed by atoms with Gasteiger partial charge in [-0.1, -0.05) is 6.92 Å². The van der Waals surface area contributed by atoms with Crippen LogP contribution in [0.1, 0.15) is 38.7 Å². The van der Waals surface area contributed by atoms with Crippen LogP contribution in [-0.2, 0) is 4.74 Å². The molecule has 4 heterocycles. The molecule has 32 heavy (non-hydrogen) atoms. The van der Waals surface area contributed by atoms with E-state index < -0.39 is 5.63 Å². The van der Waals surface area contributed by atoms with E-state index >= 15 is 0 Å².